The van der Waals surface area contributed by atoms with Crippen LogP contribution in [0.2, 0.25) is 5.02 Å². The monoisotopic (exact) mass is 564 g/mol. The fraction of sp³-hybridized carbons (Fsp3) is 0.156. The average Bonchev–Trinajstić information content (AvgIpc) is 3.30. The van der Waals surface area contributed by atoms with Gasteiger partial charge in [-0.3, -0.25) is 4.79 Å². The minimum atomic E-state index is -4.65. The highest BCUT2D eigenvalue weighted by atomic mass is 35.5. The van der Waals surface area contributed by atoms with Crippen LogP contribution >= 0.6 is 11.6 Å². The van der Waals surface area contributed by atoms with Crippen LogP contribution in [0.1, 0.15) is 40.2 Å². The highest BCUT2D eigenvalue weighted by Crippen LogP contribution is 2.40. The van der Waals surface area contributed by atoms with Crippen LogP contribution in [-0.2, 0) is 24.1 Å². The fourth-order valence-electron chi connectivity index (χ4n) is 4.91. The molecule has 0 radical (unpaired) electrons. The zero-order valence-corrected chi connectivity index (χ0v) is 22.0. The third-order valence-corrected chi connectivity index (χ3v) is 7.21. The predicted molar refractivity (Wildman–Crippen MR) is 149 cm³/mol. The van der Waals surface area contributed by atoms with Crippen LogP contribution in [0, 0.1) is 5.82 Å². The number of aromatic nitrogens is 1. The van der Waals surface area contributed by atoms with E-state index in [1.165, 1.54) is 18.2 Å². The van der Waals surface area contributed by atoms with E-state index < -0.39 is 22.7 Å². The molecule has 1 aromatic heterocycles. The summed E-state index contributed by atoms with van der Waals surface area (Å²) in [6.07, 6.45) is -2.86. The van der Waals surface area contributed by atoms with E-state index >= 15 is 0 Å². The van der Waals surface area contributed by atoms with Gasteiger partial charge in [-0.05, 0) is 52.6 Å². The molecule has 0 aliphatic rings. The van der Waals surface area contributed by atoms with Crippen molar-refractivity contribution >= 4 is 28.4 Å². The summed E-state index contributed by atoms with van der Waals surface area (Å²) in [7, 11) is 0. The Bertz CT molecular complexity index is 1630. The van der Waals surface area contributed by atoms with E-state index in [9.17, 15) is 22.4 Å². The number of halogens is 5. The number of rotatable bonds is 8. The second-order valence-electron chi connectivity index (χ2n) is 9.61. The molecule has 40 heavy (non-hydrogen) atoms. The lowest BCUT2D eigenvalue weighted by molar-refractivity contribution is -0.137. The highest BCUT2D eigenvalue weighted by molar-refractivity contribution is 6.31. The number of amides is 1. The summed E-state index contributed by atoms with van der Waals surface area (Å²) in [6, 6.07) is 26.9. The summed E-state index contributed by atoms with van der Waals surface area (Å²) in [6.45, 7) is 0.718. The number of nitrogens with zero attached hydrogens (tertiary/aromatic N) is 1. The second kappa shape index (κ2) is 11.6. The van der Waals surface area contributed by atoms with Crippen LogP contribution in [0.5, 0.6) is 0 Å². The van der Waals surface area contributed by atoms with Crippen molar-refractivity contribution in [3.8, 4) is 0 Å². The van der Waals surface area contributed by atoms with E-state index in [-0.39, 0.29) is 18.1 Å². The molecule has 0 bridgehead atoms. The lowest BCUT2D eigenvalue weighted by atomic mass is 9.87. The SMILES string of the molecule is O=C(C[C@H](c1ccc(Cl)c(C(F)(F)F)c1)c1cn(Cc2ccc(F)cc2)c2ccccc12)NCc1ccccc1. The number of carbonyl (C=O) groups excluding carboxylic acids is 1. The van der Waals surface area contributed by atoms with Gasteiger partial charge in [0.1, 0.15) is 5.82 Å². The van der Waals surface area contributed by atoms with Gasteiger partial charge >= 0.3 is 6.18 Å². The molecule has 4 aromatic carbocycles. The van der Waals surface area contributed by atoms with Gasteiger partial charge in [0.05, 0.1) is 10.6 Å². The van der Waals surface area contributed by atoms with Gasteiger partial charge in [-0.25, -0.2) is 4.39 Å². The summed E-state index contributed by atoms with van der Waals surface area (Å²) in [5.74, 6) is -1.33. The predicted octanol–water partition coefficient (Wildman–Crippen LogP) is 8.34. The van der Waals surface area contributed by atoms with E-state index in [4.69, 9.17) is 11.6 Å². The van der Waals surface area contributed by atoms with Crippen molar-refractivity contribution in [2.75, 3.05) is 0 Å². The van der Waals surface area contributed by atoms with Crippen LogP contribution in [0.15, 0.2) is 103 Å². The van der Waals surface area contributed by atoms with Gasteiger partial charge in [-0.2, -0.15) is 13.2 Å². The first kappa shape index (κ1) is 27.5. The van der Waals surface area contributed by atoms with Crippen molar-refractivity contribution in [3.63, 3.8) is 0 Å². The van der Waals surface area contributed by atoms with Gasteiger partial charge < -0.3 is 9.88 Å². The van der Waals surface area contributed by atoms with Crippen LogP contribution in [0.25, 0.3) is 10.9 Å². The van der Waals surface area contributed by atoms with Crippen LogP contribution in [-0.4, -0.2) is 10.5 Å². The molecule has 0 fully saturated rings. The van der Waals surface area contributed by atoms with Gasteiger partial charge in [-0.15, -0.1) is 0 Å². The highest BCUT2D eigenvalue weighted by Gasteiger charge is 2.34. The topological polar surface area (TPSA) is 34.0 Å². The molecule has 5 aromatic rings. The van der Waals surface area contributed by atoms with Gasteiger partial charge in [0.25, 0.3) is 0 Å². The van der Waals surface area contributed by atoms with Gasteiger partial charge in [0.15, 0.2) is 0 Å². The number of carbonyl (C=O) groups is 1. The molecule has 8 heteroatoms. The zero-order chi connectivity index (χ0) is 28.3. The standard InChI is InChI=1S/C32H25ClF4N2O/c33-29-15-12-23(16-28(29)32(35,36)37)26(17-31(40)38-18-21-6-2-1-3-7-21)27-20-39(30-9-5-4-8-25(27)30)19-22-10-13-24(34)14-11-22/h1-16,20,26H,17-19H2,(H,38,40)/t26-/m1/s1. The van der Waals surface area contributed by atoms with E-state index in [0.717, 1.165) is 28.1 Å². The fourth-order valence-corrected chi connectivity index (χ4v) is 5.13. The molecule has 1 amide bonds. The molecule has 0 saturated heterocycles. The maximum absolute atomic E-state index is 13.8. The minimum Gasteiger partial charge on any atom is -0.352 e. The Morgan fingerprint density at radius 3 is 2.30 bits per heavy atom. The minimum absolute atomic E-state index is 0.0731. The number of alkyl halides is 3. The van der Waals surface area contributed by atoms with Crippen molar-refractivity contribution in [2.24, 2.45) is 0 Å². The number of hydrogen-bond donors (Lipinski definition) is 1. The normalized spacial score (nSPS) is 12.4. The quantitative estimate of drug-likeness (QED) is 0.189. The van der Waals surface area contributed by atoms with E-state index in [2.05, 4.69) is 5.32 Å². The summed E-state index contributed by atoms with van der Waals surface area (Å²) >= 11 is 5.93. The molecular formula is C32H25ClF4N2O. The first-order chi connectivity index (χ1) is 19.2. The van der Waals surface area contributed by atoms with Crippen LogP contribution in [0.3, 0.4) is 0 Å². The van der Waals surface area contributed by atoms with Crippen molar-refractivity contribution in [1.82, 2.24) is 9.88 Å². The molecule has 0 aliphatic carbocycles. The molecule has 1 heterocycles. The number of para-hydroxylation sites is 1. The van der Waals surface area contributed by atoms with E-state index in [0.29, 0.717) is 24.2 Å². The summed E-state index contributed by atoms with van der Waals surface area (Å²) in [4.78, 5) is 13.2. The first-order valence-electron chi connectivity index (χ1n) is 12.7. The van der Waals surface area contributed by atoms with Crippen LogP contribution in [0.4, 0.5) is 17.6 Å². The Kier molecular flexibility index (Phi) is 7.94. The van der Waals surface area contributed by atoms with Crippen molar-refractivity contribution < 1.29 is 22.4 Å². The number of nitrogens with one attached hydrogen (secondary N) is 1. The molecule has 5 rings (SSSR count). The largest absolute Gasteiger partial charge is 0.417 e. The number of fused-ring (bicyclic) bond motifs is 1. The molecule has 0 saturated carbocycles. The Morgan fingerprint density at radius 2 is 1.57 bits per heavy atom. The van der Waals surface area contributed by atoms with Crippen molar-refractivity contribution in [1.29, 1.82) is 0 Å². The Labute approximate surface area is 234 Å². The zero-order valence-electron chi connectivity index (χ0n) is 21.3. The van der Waals surface area contributed by atoms with Crippen molar-refractivity contribution in [2.45, 2.75) is 31.6 Å². The molecule has 0 aliphatic heterocycles. The summed E-state index contributed by atoms with van der Waals surface area (Å²) in [5.41, 5.74) is 2.71. The maximum Gasteiger partial charge on any atom is 0.417 e. The van der Waals surface area contributed by atoms with Crippen LogP contribution < -0.4 is 5.32 Å². The van der Waals surface area contributed by atoms with E-state index in [1.807, 2.05) is 65.4 Å². The molecule has 0 spiro atoms. The molecule has 3 nitrogen and oxygen atoms in total. The second-order valence-corrected chi connectivity index (χ2v) is 10.0. The lowest BCUT2D eigenvalue weighted by Crippen LogP contribution is -2.25. The van der Waals surface area contributed by atoms with Gasteiger partial charge in [0.2, 0.25) is 5.91 Å². The van der Waals surface area contributed by atoms with Gasteiger partial charge in [-0.1, -0.05) is 78.3 Å². The molecule has 204 valence electrons. The molecular weight excluding hydrogens is 540 g/mol. The Balaban J connectivity index is 1.56. The molecule has 1 atom stereocenters. The molecule has 0 unspecified atom stereocenters. The molecule has 1 N–H and O–H groups in total. The smallest absolute Gasteiger partial charge is 0.352 e. The first-order valence-corrected chi connectivity index (χ1v) is 13.1. The number of hydrogen-bond acceptors (Lipinski definition) is 1. The third-order valence-electron chi connectivity index (χ3n) is 6.88. The lowest BCUT2D eigenvalue weighted by Gasteiger charge is -2.19. The summed E-state index contributed by atoms with van der Waals surface area (Å²) in [5, 5.41) is 3.31. The third kappa shape index (κ3) is 6.20. The number of benzene rings is 4. The van der Waals surface area contributed by atoms with E-state index in [1.54, 1.807) is 18.2 Å². The average molecular weight is 565 g/mol. The summed E-state index contributed by atoms with van der Waals surface area (Å²) < 4.78 is 56.8. The Hall–Kier alpha value is -4.10. The Morgan fingerprint density at radius 1 is 0.875 bits per heavy atom. The van der Waals surface area contributed by atoms with Gasteiger partial charge in [0, 0.05) is 42.5 Å². The van der Waals surface area contributed by atoms with Crippen molar-refractivity contribution in [3.05, 3.63) is 142 Å². The maximum atomic E-state index is 13.8.